The molecule has 1 atom stereocenters. The van der Waals surface area contributed by atoms with Gasteiger partial charge in [-0.2, -0.15) is 0 Å². The number of nitrogens with zero attached hydrogens (tertiary/aromatic N) is 4. The van der Waals surface area contributed by atoms with E-state index in [1.165, 1.54) is 0 Å². The van der Waals surface area contributed by atoms with Crippen LogP contribution in [0.4, 0.5) is 0 Å². The van der Waals surface area contributed by atoms with Crippen LogP contribution in [0.2, 0.25) is 0 Å². The van der Waals surface area contributed by atoms with Crippen LogP contribution in [0.15, 0.2) is 53.2 Å². The number of methoxy groups -OCH3 is 1. The molecule has 4 rings (SSSR count). The van der Waals surface area contributed by atoms with Crippen molar-refractivity contribution in [3.8, 4) is 17.2 Å². The van der Waals surface area contributed by atoms with Crippen molar-refractivity contribution in [2.45, 2.75) is 18.8 Å². The molecule has 0 bridgehead atoms. The molecule has 0 radical (unpaired) electrons. The number of rotatable bonds is 4. The molecular weight excluding hydrogens is 344 g/mol. The van der Waals surface area contributed by atoms with Gasteiger partial charge in [0.15, 0.2) is 0 Å². The van der Waals surface area contributed by atoms with Crippen molar-refractivity contribution in [3.63, 3.8) is 0 Å². The zero-order valence-electron chi connectivity index (χ0n) is 15.0. The molecule has 138 valence electrons. The molecule has 7 heteroatoms. The van der Waals surface area contributed by atoms with E-state index in [2.05, 4.69) is 15.2 Å². The summed E-state index contributed by atoms with van der Waals surface area (Å²) in [4.78, 5) is 18.5. The highest BCUT2D eigenvalue weighted by Crippen LogP contribution is 2.29. The first-order chi connectivity index (χ1) is 13.2. The largest absolute Gasteiger partial charge is 0.497 e. The predicted octanol–water partition coefficient (Wildman–Crippen LogP) is 3.16. The van der Waals surface area contributed by atoms with E-state index in [4.69, 9.17) is 9.15 Å². The number of piperidine rings is 1. The van der Waals surface area contributed by atoms with Gasteiger partial charge in [0.25, 0.3) is 5.91 Å². The smallest absolute Gasteiger partial charge is 0.255 e. The van der Waals surface area contributed by atoms with E-state index in [0.29, 0.717) is 23.9 Å². The molecule has 1 aliphatic heterocycles. The highest BCUT2D eigenvalue weighted by Gasteiger charge is 2.29. The molecule has 3 heterocycles. The van der Waals surface area contributed by atoms with Gasteiger partial charge in [-0.25, -0.2) is 0 Å². The van der Waals surface area contributed by atoms with Gasteiger partial charge in [0.05, 0.1) is 18.6 Å². The number of likely N-dealkylation sites (tertiary alicyclic amines) is 1. The molecule has 0 spiro atoms. The van der Waals surface area contributed by atoms with Crippen LogP contribution in [-0.4, -0.2) is 46.2 Å². The lowest BCUT2D eigenvalue weighted by Gasteiger charge is -2.31. The summed E-state index contributed by atoms with van der Waals surface area (Å²) in [5.41, 5.74) is 1.44. The number of benzene rings is 1. The second-order valence-corrected chi connectivity index (χ2v) is 6.51. The average molecular weight is 364 g/mol. The zero-order chi connectivity index (χ0) is 18.6. The summed E-state index contributed by atoms with van der Waals surface area (Å²) in [5.74, 6) is 1.85. The normalized spacial score (nSPS) is 16.9. The Morgan fingerprint density at radius 3 is 2.81 bits per heavy atom. The number of aromatic nitrogens is 3. The average Bonchev–Trinajstić information content (AvgIpc) is 3.24. The molecule has 0 aliphatic carbocycles. The number of ether oxygens (including phenoxy) is 1. The molecular formula is C20H20N4O3. The van der Waals surface area contributed by atoms with Crippen molar-refractivity contribution in [1.82, 2.24) is 20.1 Å². The Hall–Kier alpha value is -3.22. The maximum Gasteiger partial charge on any atom is 0.255 e. The second kappa shape index (κ2) is 7.57. The van der Waals surface area contributed by atoms with E-state index in [-0.39, 0.29) is 11.8 Å². The van der Waals surface area contributed by atoms with E-state index in [1.54, 1.807) is 31.6 Å². The Morgan fingerprint density at radius 1 is 1.22 bits per heavy atom. The van der Waals surface area contributed by atoms with Gasteiger partial charge < -0.3 is 14.1 Å². The van der Waals surface area contributed by atoms with Crippen molar-refractivity contribution in [2.24, 2.45) is 0 Å². The first kappa shape index (κ1) is 17.2. The zero-order valence-corrected chi connectivity index (χ0v) is 15.0. The Bertz CT molecular complexity index is 908. The van der Waals surface area contributed by atoms with Gasteiger partial charge in [-0.1, -0.05) is 0 Å². The van der Waals surface area contributed by atoms with Gasteiger partial charge >= 0.3 is 0 Å². The first-order valence-electron chi connectivity index (χ1n) is 8.91. The third-order valence-electron chi connectivity index (χ3n) is 4.74. The van der Waals surface area contributed by atoms with E-state index in [9.17, 15) is 4.79 Å². The highest BCUT2D eigenvalue weighted by atomic mass is 16.5. The molecule has 1 amide bonds. The maximum absolute atomic E-state index is 12.7. The van der Waals surface area contributed by atoms with Crippen LogP contribution in [0.5, 0.6) is 5.75 Å². The summed E-state index contributed by atoms with van der Waals surface area (Å²) < 4.78 is 11.1. The van der Waals surface area contributed by atoms with Gasteiger partial charge in [0.2, 0.25) is 11.8 Å². The van der Waals surface area contributed by atoms with Crippen molar-refractivity contribution in [1.29, 1.82) is 0 Å². The lowest BCUT2D eigenvalue weighted by Crippen LogP contribution is -2.39. The van der Waals surface area contributed by atoms with Crippen molar-refractivity contribution < 1.29 is 13.9 Å². The van der Waals surface area contributed by atoms with Crippen molar-refractivity contribution in [3.05, 3.63) is 60.2 Å². The molecule has 27 heavy (non-hydrogen) atoms. The number of hydrogen-bond acceptors (Lipinski definition) is 6. The minimum atomic E-state index is -0.0114. The Morgan fingerprint density at radius 2 is 2.07 bits per heavy atom. The Labute approximate surface area is 157 Å². The highest BCUT2D eigenvalue weighted by molar-refractivity contribution is 5.93. The molecule has 7 nitrogen and oxygen atoms in total. The van der Waals surface area contributed by atoms with Crippen LogP contribution in [0.3, 0.4) is 0 Å². The maximum atomic E-state index is 12.7. The number of carbonyl (C=O) groups excluding carboxylic acids is 1. The van der Waals surface area contributed by atoms with Crippen LogP contribution < -0.4 is 4.74 Å². The van der Waals surface area contributed by atoms with Gasteiger partial charge in [-0.3, -0.25) is 9.78 Å². The van der Waals surface area contributed by atoms with E-state index < -0.39 is 0 Å². The lowest BCUT2D eigenvalue weighted by molar-refractivity contribution is 0.0698. The topological polar surface area (TPSA) is 81.4 Å². The summed E-state index contributed by atoms with van der Waals surface area (Å²) in [7, 11) is 1.63. The fraction of sp³-hybridized carbons (Fsp3) is 0.300. The van der Waals surface area contributed by atoms with Crippen LogP contribution in [0, 0.1) is 0 Å². The van der Waals surface area contributed by atoms with E-state index >= 15 is 0 Å². The lowest BCUT2D eigenvalue weighted by atomic mass is 9.97. The number of carbonyl (C=O) groups is 1. The fourth-order valence-corrected chi connectivity index (χ4v) is 3.28. The molecule has 2 aromatic heterocycles. The summed E-state index contributed by atoms with van der Waals surface area (Å²) in [6.45, 7) is 1.29. The van der Waals surface area contributed by atoms with Gasteiger partial charge in [-0.15, -0.1) is 10.2 Å². The monoisotopic (exact) mass is 364 g/mol. The van der Waals surface area contributed by atoms with E-state index in [0.717, 1.165) is 30.7 Å². The van der Waals surface area contributed by atoms with E-state index in [1.807, 2.05) is 29.2 Å². The quantitative estimate of drug-likeness (QED) is 0.707. The number of amides is 1. The minimum absolute atomic E-state index is 0.0114. The summed E-state index contributed by atoms with van der Waals surface area (Å²) in [6.07, 6.45) is 5.08. The van der Waals surface area contributed by atoms with Gasteiger partial charge in [-0.05, 0) is 49.2 Å². The standard InChI is InChI=1S/C20H20N4O3/c1-26-17-8-6-14(7-9-17)18-22-23-19(27-18)16-5-3-11-24(13-16)20(25)15-4-2-10-21-12-15/h2,4,6-10,12,16H,3,5,11,13H2,1H3. The molecule has 1 fully saturated rings. The molecule has 0 saturated carbocycles. The molecule has 0 N–H and O–H groups in total. The molecule has 1 aliphatic rings. The third kappa shape index (κ3) is 3.67. The fourth-order valence-electron chi connectivity index (χ4n) is 3.28. The Balaban J connectivity index is 1.48. The predicted molar refractivity (Wildman–Crippen MR) is 98.4 cm³/mol. The van der Waals surface area contributed by atoms with Crippen LogP contribution >= 0.6 is 0 Å². The van der Waals surface area contributed by atoms with Crippen molar-refractivity contribution >= 4 is 5.91 Å². The molecule has 1 aromatic carbocycles. The van der Waals surface area contributed by atoms with Crippen LogP contribution in [0.1, 0.15) is 35.0 Å². The summed E-state index contributed by atoms with van der Waals surface area (Å²) in [6, 6.07) is 11.0. The minimum Gasteiger partial charge on any atom is -0.497 e. The van der Waals surface area contributed by atoms with Crippen molar-refractivity contribution in [2.75, 3.05) is 20.2 Å². The molecule has 1 unspecified atom stereocenters. The second-order valence-electron chi connectivity index (χ2n) is 6.51. The third-order valence-corrected chi connectivity index (χ3v) is 4.74. The summed E-state index contributed by atoms with van der Waals surface area (Å²) >= 11 is 0. The first-order valence-corrected chi connectivity index (χ1v) is 8.91. The summed E-state index contributed by atoms with van der Waals surface area (Å²) in [5, 5.41) is 8.40. The van der Waals surface area contributed by atoms with Gasteiger partial charge in [0, 0.05) is 31.0 Å². The SMILES string of the molecule is COc1ccc(-c2nnc(C3CCCN(C(=O)c4cccnc4)C3)o2)cc1. The van der Waals surface area contributed by atoms with Crippen LogP contribution in [-0.2, 0) is 0 Å². The number of pyridine rings is 1. The van der Waals surface area contributed by atoms with Crippen LogP contribution in [0.25, 0.3) is 11.5 Å². The number of hydrogen-bond donors (Lipinski definition) is 0. The molecule has 1 saturated heterocycles. The Kier molecular flexibility index (Phi) is 4.82. The molecule has 3 aromatic rings. The van der Waals surface area contributed by atoms with Gasteiger partial charge in [0.1, 0.15) is 5.75 Å².